The highest BCUT2D eigenvalue weighted by atomic mass is 19.4. The van der Waals surface area contributed by atoms with Crippen LogP contribution in [0.3, 0.4) is 0 Å². The summed E-state index contributed by atoms with van der Waals surface area (Å²) in [5.41, 5.74) is 0.723. The Morgan fingerprint density at radius 2 is 1.85 bits per heavy atom. The first-order valence-electron chi connectivity index (χ1n) is 8.22. The zero-order valence-corrected chi connectivity index (χ0v) is 13.6. The van der Waals surface area contributed by atoms with Crippen molar-refractivity contribution in [3.05, 3.63) is 53.7 Å². The molecule has 0 atom stereocenters. The number of alkyl halides is 3. The zero-order valence-electron chi connectivity index (χ0n) is 13.6. The third-order valence-corrected chi connectivity index (χ3v) is 4.38. The summed E-state index contributed by atoms with van der Waals surface area (Å²) in [6.07, 6.45) is -0.505. The number of nitrogens with zero attached hydrogens (tertiary/aromatic N) is 3. The van der Waals surface area contributed by atoms with E-state index in [0.717, 1.165) is 25.0 Å². The first-order valence-corrected chi connectivity index (χ1v) is 8.22. The molecule has 3 aromatic rings. The van der Waals surface area contributed by atoms with Crippen LogP contribution in [0.15, 0.2) is 42.6 Å². The number of fused-ring (bicyclic) bond motifs is 1. The Hall–Kier alpha value is -2.90. The number of hydrogen-bond donors (Lipinski definition) is 1. The predicted molar refractivity (Wildman–Crippen MR) is 88.5 cm³/mol. The summed E-state index contributed by atoms with van der Waals surface area (Å²) in [5, 5.41) is 10.9. The van der Waals surface area contributed by atoms with Gasteiger partial charge in [-0.15, -0.1) is 10.2 Å². The van der Waals surface area contributed by atoms with Crippen molar-refractivity contribution in [1.29, 1.82) is 0 Å². The van der Waals surface area contributed by atoms with Gasteiger partial charge in [0.25, 0.3) is 5.91 Å². The molecule has 1 saturated carbocycles. The zero-order chi connectivity index (χ0) is 18.3. The van der Waals surface area contributed by atoms with Crippen LogP contribution < -0.4 is 5.32 Å². The molecule has 0 radical (unpaired) electrons. The second-order valence-corrected chi connectivity index (χ2v) is 6.40. The fourth-order valence-electron chi connectivity index (χ4n) is 2.69. The molecular formula is C18H15F3N4O. The summed E-state index contributed by atoms with van der Waals surface area (Å²) in [7, 11) is 0. The SMILES string of the molecule is O=C(NCC1CC1)c1ccc2nnc(-c3ccc(C(F)(F)F)cc3)n2c1. The highest BCUT2D eigenvalue weighted by Gasteiger charge is 2.30. The van der Waals surface area contributed by atoms with Gasteiger partial charge in [0.15, 0.2) is 11.5 Å². The van der Waals surface area contributed by atoms with E-state index in [9.17, 15) is 18.0 Å². The van der Waals surface area contributed by atoms with Crippen molar-refractivity contribution < 1.29 is 18.0 Å². The van der Waals surface area contributed by atoms with Crippen LogP contribution in [0.5, 0.6) is 0 Å². The van der Waals surface area contributed by atoms with Crippen molar-refractivity contribution >= 4 is 11.6 Å². The Morgan fingerprint density at radius 3 is 2.50 bits per heavy atom. The smallest absolute Gasteiger partial charge is 0.352 e. The van der Waals surface area contributed by atoms with Crippen molar-refractivity contribution in [3.63, 3.8) is 0 Å². The molecule has 0 aliphatic heterocycles. The molecule has 0 unspecified atom stereocenters. The Morgan fingerprint density at radius 1 is 1.12 bits per heavy atom. The minimum absolute atomic E-state index is 0.189. The minimum Gasteiger partial charge on any atom is -0.352 e. The maximum absolute atomic E-state index is 12.7. The molecule has 1 aliphatic carbocycles. The normalized spacial score (nSPS) is 14.6. The molecule has 134 valence electrons. The van der Waals surface area contributed by atoms with Crippen molar-refractivity contribution in [2.45, 2.75) is 19.0 Å². The molecule has 4 rings (SSSR count). The lowest BCUT2D eigenvalue weighted by atomic mass is 10.1. The number of rotatable bonds is 4. The second-order valence-electron chi connectivity index (χ2n) is 6.40. The quantitative estimate of drug-likeness (QED) is 0.774. The number of amides is 1. The Labute approximate surface area is 146 Å². The van der Waals surface area contributed by atoms with Crippen LogP contribution in [0.25, 0.3) is 17.0 Å². The van der Waals surface area contributed by atoms with Gasteiger partial charge in [0.2, 0.25) is 0 Å². The van der Waals surface area contributed by atoms with E-state index in [4.69, 9.17) is 0 Å². The van der Waals surface area contributed by atoms with Crippen LogP contribution in [0, 0.1) is 5.92 Å². The van der Waals surface area contributed by atoms with E-state index in [1.807, 2.05) is 0 Å². The average molecular weight is 360 g/mol. The van der Waals surface area contributed by atoms with Crippen molar-refractivity contribution in [2.24, 2.45) is 5.92 Å². The number of carbonyl (C=O) groups is 1. The van der Waals surface area contributed by atoms with Gasteiger partial charge < -0.3 is 5.32 Å². The van der Waals surface area contributed by atoms with Crippen LogP contribution in [-0.2, 0) is 6.18 Å². The number of hydrogen-bond acceptors (Lipinski definition) is 3. The fourth-order valence-corrected chi connectivity index (χ4v) is 2.69. The van der Waals surface area contributed by atoms with E-state index in [-0.39, 0.29) is 5.91 Å². The van der Waals surface area contributed by atoms with Crippen molar-refractivity contribution in [1.82, 2.24) is 19.9 Å². The second kappa shape index (κ2) is 6.12. The van der Waals surface area contributed by atoms with E-state index in [2.05, 4.69) is 15.5 Å². The van der Waals surface area contributed by atoms with Gasteiger partial charge >= 0.3 is 6.18 Å². The predicted octanol–water partition coefficient (Wildman–Crippen LogP) is 3.55. The summed E-state index contributed by atoms with van der Waals surface area (Å²) >= 11 is 0. The third kappa shape index (κ3) is 3.26. The summed E-state index contributed by atoms with van der Waals surface area (Å²) in [6, 6.07) is 8.01. The highest BCUT2D eigenvalue weighted by molar-refractivity contribution is 5.94. The lowest BCUT2D eigenvalue weighted by Gasteiger charge is -2.08. The standard InChI is InChI=1S/C18H15F3N4O/c19-18(20,21)14-6-3-12(4-7-14)16-24-23-15-8-5-13(10-25(15)16)17(26)22-9-11-1-2-11/h3-8,10-11H,1-2,9H2,(H,22,26). The summed E-state index contributed by atoms with van der Waals surface area (Å²) in [6.45, 7) is 0.658. The molecular weight excluding hydrogens is 345 g/mol. The number of benzene rings is 1. The molecule has 1 aliphatic rings. The topological polar surface area (TPSA) is 59.3 Å². The molecule has 1 aromatic carbocycles. The largest absolute Gasteiger partial charge is 0.416 e. The van der Waals surface area contributed by atoms with E-state index < -0.39 is 11.7 Å². The van der Waals surface area contributed by atoms with Gasteiger partial charge in [0, 0.05) is 18.3 Å². The molecule has 1 fully saturated rings. The summed E-state index contributed by atoms with van der Waals surface area (Å²) in [5.74, 6) is 0.761. The van der Waals surface area contributed by atoms with Gasteiger partial charge in [-0.05, 0) is 43.0 Å². The van der Waals surface area contributed by atoms with Crippen LogP contribution in [-0.4, -0.2) is 27.0 Å². The van der Waals surface area contributed by atoms with Gasteiger partial charge in [-0.2, -0.15) is 13.2 Å². The summed E-state index contributed by atoms with van der Waals surface area (Å²) < 4.78 is 39.7. The molecule has 1 N–H and O–H groups in total. The van der Waals surface area contributed by atoms with Gasteiger partial charge in [0.05, 0.1) is 11.1 Å². The van der Waals surface area contributed by atoms with Crippen LogP contribution in [0.2, 0.25) is 0 Å². The van der Waals surface area contributed by atoms with Crippen LogP contribution >= 0.6 is 0 Å². The van der Waals surface area contributed by atoms with Crippen LogP contribution in [0.4, 0.5) is 13.2 Å². The molecule has 0 bridgehead atoms. The lowest BCUT2D eigenvalue weighted by molar-refractivity contribution is -0.137. The van der Waals surface area contributed by atoms with Gasteiger partial charge in [-0.25, -0.2) is 0 Å². The molecule has 8 heteroatoms. The first-order chi connectivity index (χ1) is 12.4. The molecule has 5 nitrogen and oxygen atoms in total. The van der Waals surface area contributed by atoms with Gasteiger partial charge in [-0.1, -0.05) is 12.1 Å². The average Bonchev–Trinajstić information content (AvgIpc) is 3.36. The fraction of sp³-hybridized carbons (Fsp3) is 0.278. The monoisotopic (exact) mass is 360 g/mol. The van der Waals surface area contributed by atoms with E-state index >= 15 is 0 Å². The highest BCUT2D eigenvalue weighted by Crippen LogP contribution is 2.31. The Bertz CT molecular complexity index is 959. The van der Waals surface area contributed by atoms with Crippen molar-refractivity contribution in [3.8, 4) is 11.4 Å². The maximum atomic E-state index is 12.7. The van der Waals surface area contributed by atoms with E-state index in [0.29, 0.717) is 35.1 Å². The van der Waals surface area contributed by atoms with Crippen molar-refractivity contribution in [2.75, 3.05) is 6.54 Å². The van der Waals surface area contributed by atoms with Crippen LogP contribution in [0.1, 0.15) is 28.8 Å². The maximum Gasteiger partial charge on any atom is 0.416 e. The Kier molecular flexibility index (Phi) is 3.90. The molecule has 26 heavy (non-hydrogen) atoms. The number of nitrogens with one attached hydrogen (secondary N) is 1. The van der Waals surface area contributed by atoms with Gasteiger partial charge in [-0.3, -0.25) is 9.20 Å². The number of halogens is 3. The van der Waals surface area contributed by atoms with Gasteiger partial charge in [0.1, 0.15) is 0 Å². The number of aromatic nitrogens is 3. The lowest BCUT2D eigenvalue weighted by Crippen LogP contribution is -2.25. The molecule has 0 spiro atoms. The number of carbonyl (C=O) groups excluding carboxylic acids is 1. The molecule has 2 heterocycles. The molecule has 0 saturated heterocycles. The minimum atomic E-state index is -4.39. The first kappa shape index (κ1) is 16.6. The van der Waals surface area contributed by atoms with E-state index in [1.165, 1.54) is 12.1 Å². The molecule has 2 aromatic heterocycles. The Balaban J connectivity index is 1.64. The molecule has 1 amide bonds. The number of pyridine rings is 1. The summed E-state index contributed by atoms with van der Waals surface area (Å²) in [4.78, 5) is 12.3. The van der Waals surface area contributed by atoms with E-state index in [1.54, 1.807) is 22.7 Å². The third-order valence-electron chi connectivity index (χ3n) is 4.38.